The highest BCUT2D eigenvalue weighted by Crippen LogP contribution is 2.78. The Kier molecular flexibility index (Phi) is 14.3. The zero-order valence-electron chi connectivity index (χ0n) is 47.5. The van der Waals surface area contributed by atoms with E-state index >= 15 is 9.59 Å². The van der Waals surface area contributed by atoms with Gasteiger partial charge in [0, 0.05) is 48.0 Å². The third-order valence-corrected chi connectivity index (χ3v) is 23.8. The molecule has 18 atom stereocenters. The maximum atomic E-state index is 15.9. The molecule has 9 aliphatic rings. The van der Waals surface area contributed by atoms with Crippen LogP contribution in [0.1, 0.15) is 212 Å². The smallest absolute Gasteiger partial charge is 0.160 e. The summed E-state index contributed by atoms with van der Waals surface area (Å²) in [6.45, 7) is 17.6. The van der Waals surface area contributed by atoms with Crippen LogP contribution in [-0.2, 0) is 20.9 Å². The van der Waals surface area contributed by atoms with E-state index in [0.29, 0.717) is 85.8 Å². The number of phenols is 1. The number of Topliss-reactive ketones (excluding diaryl/α,β-unsaturated/α-hetero) is 2. The van der Waals surface area contributed by atoms with Crippen molar-refractivity contribution in [2.75, 3.05) is 19.3 Å². The number of ketones is 2. The lowest BCUT2D eigenvalue weighted by atomic mass is 9.32. The molecule has 2 aromatic carbocycles. The SMILES string of the molecule is CNCc1cc(O)cc([C@H]2C[C@@]3(C)[C@H]4CCC5=C6C(=O)C[C@]5(C)[C@@]4(C[C@H](CCC(C)C)C[C@@H]4CCCC[C@H]4[C@@H]6C[C@@H](O)[C@H]4O[C@]4(C)[C@@H]4CCC[C@H]4c4cccc(N)c4)C[C@@H]4NC[C@@](C)(O)CCCC[C@@](C)(C2=O)[C@H]43)c1. The predicted octanol–water partition coefficient (Wildman–Crippen LogP) is 12.5. The Morgan fingerprint density at radius 1 is 0.893 bits per heavy atom. The number of aliphatic hydroxyl groups is 2. The van der Waals surface area contributed by atoms with E-state index in [9.17, 15) is 15.3 Å². The van der Waals surface area contributed by atoms with Gasteiger partial charge in [0.15, 0.2) is 5.78 Å². The van der Waals surface area contributed by atoms with Gasteiger partial charge in [-0.2, -0.15) is 0 Å². The first kappa shape index (κ1) is 53.9. The second-order valence-corrected chi connectivity index (χ2v) is 28.9. The Balaban J connectivity index is 1.04. The monoisotopic (exact) mass is 1030 g/mol. The lowest BCUT2D eigenvalue weighted by Gasteiger charge is -2.72. The molecule has 0 radical (unpaired) electrons. The van der Waals surface area contributed by atoms with Crippen molar-refractivity contribution in [2.24, 2.45) is 69.0 Å². The van der Waals surface area contributed by atoms with Crippen molar-refractivity contribution in [2.45, 2.75) is 231 Å². The first-order valence-electron chi connectivity index (χ1n) is 30.6. The largest absolute Gasteiger partial charge is 0.508 e. The minimum atomic E-state index is -0.876. The van der Waals surface area contributed by atoms with Crippen molar-refractivity contribution in [1.29, 1.82) is 0 Å². The molecule has 4 bridgehead atoms. The molecule has 1 spiro atoms. The van der Waals surface area contributed by atoms with E-state index in [1.54, 1.807) is 0 Å². The van der Waals surface area contributed by atoms with E-state index < -0.39 is 28.1 Å². The second kappa shape index (κ2) is 19.9. The van der Waals surface area contributed by atoms with Crippen molar-refractivity contribution in [3.63, 3.8) is 0 Å². The molecule has 5 saturated carbocycles. The Labute approximate surface area is 451 Å². The summed E-state index contributed by atoms with van der Waals surface area (Å²) in [6.07, 6.45) is 19.4. The highest BCUT2D eigenvalue weighted by atomic mass is 16.6. The minimum Gasteiger partial charge on any atom is -0.508 e. The van der Waals surface area contributed by atoms with E-state index in [1.807, 2.05) is 32.2 Å². The summed E-state index contributed by atoms with van der Waals surface area (Å²) in [5.41, 5.74) is 9.99. The number of ether oxygens (including phenoxy) is 1. The third kappa shape index (κ3) is 9.15. The van der Waals surface area contributed by atoms with Crippen LogP contribution in [0, 0.1) is 69.0 Å². The minimum absolute atomic E-state index is 0.0137. The number of aliphatic hydroxyl groups excluding tert-OH is 1. The molecule has 2 heterocycles. The van der Waals surface area contributed by atoms with Gasteiger partial charge in [-0.3, -0.25) is 9.59 Å². The zero-order valence-corrected chi connectivity index (χ0v) is 47.5. The van der Waals surface area contributed by atoms with E-state index in [1.165, 1.54) is 43.2 Å². The predicted molar refractivity (Wildman–Crippen MR) is 299 cm³/mol. The van der Waals surface area contributed by atoms with Crippen LogP contribution in [0.4, 0.5) is 5.69 Å². The zero-order chi connectivity index (χ0) is 53.0. The lowest BCUT2D eigenvalue weighted by molar-refractivity contribution is -0.210. The number of hydrogen-bond donors (Lipinski definition) is 6. The molecule has 0 unspecified atom stereocenters. The number of nitrogens with two attached hydrogens (primary N) is 1. The molecule has 2 aromatic rings. The van der Waals surface area contributed by atoms with Gasteiger partial charge in [-0.15, -0.1) is 0 Å². The number of anilines is 1. The standard InChI is InChI=1S/C66H97N3O6/c1-39(2)21-22-40-27-42-15-9-10-18-47(42)49(32-54(71)60-65(7,75-60)51-20-14-19-48(51)43-16-13-17-45(67)30-43)57-52-23-24-56-63(5)34-50(44-28-41(37-68-8)29-46(70)31-44)59(73)62(4)26-12-11-25-61(3,74)38-69-53(58(62)63)35-66(56,33-40)64(52,6)36-55(57)72/h13,16-17,28-31,39-40,42,47-51,53-54,56,58,60,68-71,74H,9-12,14-15,18-27,32-38,67H2,1-8H3/t40-,42+,47-,48+,49+,50-,51-,53+,54-,56-,58+,60-,61+,62-,63+,64+,65-,66+/m1/s1. The highest BCUT2D eigenvalue weighted by molar-refractivity contribution is 6.01. The summed E-state index contributed by atoms with van der Waals surface area (Å²) in [7, 11) is 1.93. The molecule has 11 rings (SSSR count). The van der Waals surface area contributed by atoms with E-state index in [0.717, 1.165) is 99.4 Å². The van der Waals surface area contributed by atoms with Gasteiger partial charge >= 0.3 is 0 Å². The van der Waals surface area contributed by atoms with Gasteiger partial charge in [-0.05, 0) is 209 Å². The fourth-order valence-corrected chi connectivity index (χ4v) is 20.7. The number of carbonyl (C=O) groups is 2. The Hall–Kier alpha value is -3.08. The van der Waals surface area contributed by atoms with Crippen molar-refractivity contribution in [1.82, 2.24) is 10.6 Å². The number of β-amino-alcohol motifs (C(OH)–C–C–N with tert-alkyl or cyclic N) is 1. The van der Waals surface area contributed by atoms with Crippen molar-refractivity contribution in [3.8, 4) is 5.75 Å². The molecule has 9 heteroatoms. The van der Waals surface area contributed by atoms with E-state index in [-0.39, 0.29) is 52.4 Å². The molecule has 2 aliphatic heterocycles. The Morgan fingerprint density at radius 3 is 2.45 bits per heavy atom. The fraction of sp³-hybridized carbons (Fsp3) is 0.758. The van der Waals surface area contributed by atoms with Gasteiger partial charge in [0.25, 0.3) is 0 Å². The maximum absolute atomic E-state index is 15.9. The normalized spacial score (nSPS) is 44.2. The molecule has 9 nitrogen and oxygen atoms in total. The van der Waals surface area contributed by atoms with Crippen molar-refractivity contribution in [3.05, 3.63) is 70.3 Å². The summed E-state index contributed by atoms with van der Waals surface area (Å²) < 4.78 is 6.84. The van der Waals surface area contributed by atoms with E-state index in [2.05, 4.69) is 76.4 Å². The number of allylic oxidation sites excluding steroid dienone is 2. The lowest BCUT2D eigenvalue weighted by Crippen LogP contribution is -2.71. The van der Waals surface area contributed by atoms with Gasteiger partial charge in [-0.1, -0.05) is 110 Å². The summed E-state index contributed by atoms with van der Waals surface area (Å²) in [5, 5.41) is 43.7. The molecular weight excluding hydrogens is 931 g/mol. The number of epoxide rings is 1. The number of rotatable bonds is 11. The number of nitrogen functional groups attached to an aromatic ring is 1. The summed E-state index contributed by atoms with van der Waals surface area (Å²) in [6, 6.07) is 14.3. The first-order chi connectivity index (χ1) is 35.6. The third-order valence-electron chi connectivity index (χ3n) is 23.8. The van der Waals surface area contributed by atoms with Crippen LogP contribution in [0.25, 0.3) is 0 Å². The van der Waals surface area contributed by atoms with Crippen LogP contribution in [-0.4, -0.2) is 69.9 Å². The molecule has 7 aliphatic carbocycles. The Bertz CT molecular complexity index is 2520. The van der Waals surface area contributed by atoms with Crippen LogP contribution in [0.15, 0.2) is 53.6 Å². The quantitative estimate of drug-likeness (QED) is 0.0952. The number of benzene rings is 2. The first-order valence-corrected chi connectivity index (χ1v) is 30.6. The number of carbonyl (C=O) groups excluding carboxylic acids is 2. The van der Waals surface area contributed by atoms with Gasteiger partial charge in [0.2, 0.25) is 0 Å². The number of hydrogen-bond acceptors (Lipinski definition) is 9. The van der Waals surface area contributed by atoms with E-state index in [4.69, 9.17) is 10.5 Å². The molecular formula is C66H97N3O6. The molecule has 7 N–H and O–H groups in total. The van der Waals surface area contributed by atoms with Crippen molar-refractivity contribution < 1.29 is 29.6 Å². The Morgan fingerprint density at radius 2 is 1.68 bits per heavy atom. The average molecular weight is 1030 g/mol. The second-order valence-electron chi connectivity index (χ2n) is 28.9. The van der Waals surface area contributed by atoms with Crippen LogP contribution >= 0.6 is 0 Å². The molecule has 2 saturated heterocycles. The highest BCUT2D eigenvalue weighted by Gasteiger charge is 2.74. The number of nitrogens with one attached hydrogen (secondary N) is 2. The number of phenolic OH excluding ortho intramolecular Hbond substituents is 1. The summed E-state index contributed by atoms with van der Waals surface area (Å²) >= 11 is 0. The summed E-state index contributed by atoms with van der Waals surface area (Å²) in [5.74, 6) is 3.33. The topological polar surface area (TPSA) is 157 Å². The van der Waals surface area contributed by atoms with Gasteiger partial charge < -0.3 is 36.4 Å². The van der Waals surface area contributed by atoms with Crippen molar-refractivity contribution >= 4 is 17.3 Å². The average Bonchev–Trinajstić information content (AvgIpc) is 3.65. The molecule has 75 heavy (non-hydrogen) atoms. The molecule has 0 aromatic heterocycles. The summed E-state index contributed by atoms with van der Waals surface area (Å²) in [4.78, 5) is 31.8. The van der Waals surface area contributed by atoms with Gasteiger partial charge in [0.05, 0.1) is 17.3 Å². The molecule has 7 fully saturated rings. The van der Waals surface area contributed by atoms with Crippen LogP contribution in [0.2, 0.25) is 0 Å². The van der Waals surface area contributed by atoms with Crippen LogP contribution in [0.5, 0.6) is 5.75 Å². The maximum Gasteiger partial charge on any atom is 0.160 e. The fourth-order valence-electron chi connectivity index (χ4n) is 20.7. The number of aromatic hydroxyl groups is 1. The molecule has 0 amide bonds. The van der Waals surface area contributed by atoms with Gasteiger partial charge in [-0.25, -0.2) is 0 Å². The molecule has 412 valence electrons. The van der Waals surface area contributed by atoms with Crippen LogP contribution < -0.4 is 16.4 Å². The van der Waals surface area contributed by atoms with Crippen LogP contribution in [0.3, 0.4) is 0 Å². The van der Waals surface area contributed by atoms with Gasteiger partial charge in [0.1, 0.15) is 17.6 Å². The number of fused-ring (bicyclic) bond motifs is 2.